The third kappa shape index (κ3) is 6.42. The Morgan fingerprint density at radius 1 is 0.921 bits per heavy atom. The van der Waals surface area contributed by atoms with Crippen molar-refractivity contribution >= 4 is 23.1 Å². The van der Waals surface area contributed by atoms with E-state index < -0.39 is 23.4 Å². The van der Waals surface area contributed by atoms with Crippen molar-refractivity contribution in [2.75, 3.05) is 31.1 Å². The standard InChI is InChI=1S/C28H27F5N2O2S/c1-6-27(34(3)21-14-15-25(36-4)26(16-21)37-5)35(20-12-10-19(11-13-20)28(31,32)33)18(2)38-17-22-23(29)8-7-9-24(22)30/h6-16H,2,17H2,1,3-5H3/b27-6-. The van der Waals surface area contributed by atoms with E-state index in [0.29, 0.717) is 33.7 Å². The molecule has 0 bridgehead atoms. The van der Waals surface area contributed by atoms with E-state index >= 15 is 0 Å². The summed E-state index contributed by atoms with van der Waals surface area (Å²) >= 11 is 1.06. The average molecular weight is 551 g/mol. The van der Waals surface area contributed by atoms with Crippen molar-refractivity contribution in [1.82, 2.24) is 0 Å². The van der Waals surface area contributed by atoms with Gasteiger partial charge in [0.2, 0.25) is 0 Å². The molecular weight excluding hydrogens is 523 g/mol. The summed E-state index contributed by atoms with van der Waals surface area (Å²) in [6.07, 6.45) is -2.75. The van der Waals surface area contributed by atoms with E-state index in [1.54, 1.807) is 48.0 Å². The van der Waals surface area contributed by atoms with Gasteiger partial charge in [-0.1, -0.05) is 12.6 Å². The number of halogens is 5. The minimum absolute atomic E-state index is 0.0778. The van der Waals surface area contributed by atoms with Crippen molar-refractivity contribution in [2.45, 2.75) is 18.9 Å². The van der Waals surface area contributed by atoms with Gasteiger partial charge >= 0.3 is 6.18 Å². The Balaban J connectivity index is 2.02. The molecule has 3 aromatic rings. The number of thioether (sulfide) groups is 1. The molecule has 0 amide bonds. The monoisotopic (exact) mass is 550 g/mol. The highest BCUT2D eigenvalue weighted by Crippen LogP contribution is 2.38. The van der Waals surface area contributed by atoms with Gasteiger partial charge < -0.3 is 14.4 Å². The van der Waals surface area contributed by atoms with E-state index in [2.05, 4.69) is 6.58 Å². The van der Waals surface area contributed by atoms with Gasteiger partial charge in [-0.3, -0.25) is 4.90 Å². The predicted molar refractivity (Wildman–Crippen MR) is 142 cm³/mol. The van der Waals surface area contributed by atoms with Crippen molar-refractivity contribution in [3.63, 3.8) is 0 Å². The summed E-state index contributed by atoms with van der Waals surface area (Å²) in [4.78, 5) is 3.41. The zero-order chi connectivity index (χ0) is 28.0. The maximum absolute atomic E-state index is 14.2. The van der Waals surface area contributed by atoms with Crippen LogP contribution in [0.5, 0.6) is 11.5 Å². The molecule has 3 rings (SSSR count). The third-order valence-electron chi connectivity index (χ3n) is 5.73. The molecule has 0 radical (unpaired) electrons. The van der Waals surface area contributed by atoms with Crippen LogP contribution in [0.3, 0.4) is 0 Å². The fourth-order valence-corrected chi connectivity index (χ4v) is 4.65. The second-order valence-corrected chi connectivity index (χ2v) is 9.06. The zero-order valence-corrected chi connectivity index (χ0v) is 22.1. The number of hydrogen-bond donors (Lipinski definition) is 0. The smallest absolute Gasteiger partial charge is 0.416 e. The first kappa shape index (κ1) is 28.9. The van der Waals surface area contributed by atoms with Crippen LogP contribution < -0.4 is 19.3 Å². The van der Waals surface area contributed by atoms with Crippen molar-refractivity contribution in [3.05, 3.63) is 107 Å². The van der Waals surface area contributed by atoms with Gasteiger partial charge in [0.1, 0.15) is 17.5 Å². The molecule has 0 unspecified atom stereocenters. The fourth-order valence-electron chi connectivity index (χ4n) is 3.73. The first-order chi connectivity index (χ1) is 18.0. The lowest BCUT2D eigenvalue weighted by molar-refractivity contribution is -0.137. The molecule has 0 heterocycles. The first-order valence-corrected chi connectivity index (χ1v) is 12.3. The van der Waals surface area contributed by atoms with Gasteiger partial charge in [0, 0.05) is 35.8 Å². The molecular formula is C28H27F5N2O2S. The maximum Gasteiger partial charge on any atom is 0.416 e. The minimum Gasteiger partial charge on any atom is -0.493 e. The van der Waals surface area contributed by atoms with E-state index in [0.717, 1.165) is 36.0 Å². The summed E-state index contributed by atoms with van der Waals surface area (Å²) in [7, 11) is 4.79. The van der Waals surface area contributed by atoms with Crippen molar-refractivity contribution in [2.24, 2.45) is 0 Å². The number of methoxy groups -OCH3 is 2. The van der Waals surface area contributed by atoms with Gasteiger partial charge in [-0.25, -0.2) is 8.78 Å². The molecule has 4 nitrogen and oxygen atoms in total. The van der Waals surface area contributed by atoms with Gasteiger partial charge in [-0.05, 0) is 61.5 Å². The quantitative estimate of drug-likeness (QED) is 0.237. The number of anilines is 2. The molecule has 0 fully saturated rings. The molecule has 202 valence electrons. The number of allylic oxidation sites excluding steroid dienone is 1. The Morgan fingerprint density at radius 2 is 1.50 bits per heavy atom. The molecule has 10 heteroatoms. The molecule has 0 atom stereocenters. The number of rotatable bonds is 10. The SMILES string of the molecule is C=C(SCc1c(F)cccc1F)N(/C(=C\C)N(C)c1ccc(OC)c(OC)c1)c1ccc(C(F)(F)F)cc1. The van der Waals surface area contributed by atoms with Gasteiger partial charge in [0.25, 0.3) is 0 Å². The lowest BCUT2D eigenvalue weighted by atomic mass is 10.2. The number of ether oxygens (including phenoxy) is 2. The van der Waals surface area contributed by atoms with Gasteiger partial charge in [-0.2, -0.15) is 13.2 Å². The zero-order valence-electron chi connectivity index (χ0n) is 21.3. The Bertz CT molecular complexity index is 1290. The lowest BCUT2D eigenvalue weighted by Crippen LogP contribution is -2.32. The summed E-state index contributed by atoms with van der Waals surface area (Å²) < 4.78 is 78.9. The van der Waals surface area contributed by atoms with E-state index in [4.69, 9.17) is 9.47 Å². The van der Waals surface area contributed by atoms with Crippen LogP contribution in [0.2, 0.25) is 0 Å². The van der Waals surface area contributed by atoms with E-state index in [1.165, 1.54) is 32.4 Å². The highest BCUT2D eigenvalue weighted by molar-refractivity contribution is 8.02. The minimum atomic E-state index is -4.50. The molecule has 0 aliphatic carbocycles. The van der Waals surface area contributed by atoms with Crippen LogP contribution in [0.1, 0.15) is 18.1 Å². The normalized spacial score (nSPS) is 11.8. The summed E-state index contributed by atoms with van der Waals surface area (Å²) in [5.74, 6) is 0.0735. The molecule has 3 aromatic carbocycles. The van der Waals surface area contributed by atoms with E-state index in [-0.39, 0.29) is 11.3 Å². The first-order valence-electron chi connectivity index (χ1n) is 11.4. The summed E-state index contributed by atoms with van der Waals surface area (Å²) in [6.45, 7) is 5.85. The molecule has 0 spiro atoms. The Kier molecular flexibility index (Phi) is 9.32. The molecule has 38 heavy (non-hydrogen) atoms. The average Bonchev–Trinajstić information content (AvgIpc) is 2.90. The van der Waals surface area contributed by atoms with Crippen LogP contribution in [0.4, 0.5) is 33.3 Å². The summed E-state index contributed by atoms with van der Waals surface area (Å²) in [5, 5.41) is 0.341. The largest absolute Gasteiger partial charge is 0.493 e. The highest BCUT2D eigenvalue weighted by Gasteiger charge is 2.31. The highest BCUT2D eigenvalue weighted by atomic mass is 32.2. The number of hydrogen-bond acceptors (Lipinski definition) is 5. The molecule has 0 aliphatic heterocycles. The molecule has 0 saturated carbocycles. The number of alkyl halides is 3. The Labute approximate surface area is 223 Å². The molecule has 0 aliphatic rings. The van der Waals surface area contributed by atoms with Crippen LogP contribution in [-0.4, -0.2) is 21.3 Å². The maximum atomic E-state index is 14.2. The van der Waals surface area contributed by atoms with Gasteiger partial charge in [0.05, 0.1) is 24.8 Å². The molecule has 0 saturated heterocycles. The van der Waals surface area contributed by atoms with Crippen molar-refractivity contribution in [3.8, 4) is 11.5 Å². The lowest BCUT2D eigenvalue weighted by Gasteiger charge is -2.35. The van der Waals surface area contributed by atoms with Crippen LogP contribution >= 0.6 is 11.8 Å². The van der Waals surface area contributed by atoms with E-state index in [9.17, 15) is 22.0 Å². The predicted octanol–water partition coefficient (Wildman–Crippen LogP) is 8.21. The number of nitrogens with zero attached hydrogens (tertiary/aromatic N) is 2. The van der Waals surface area contributed by atoms with Gasteiger partial charge in [0.15, 0.2) is 11.5 Å². The van der Waals surface area contributed by atoms with Crippen molar-refractivity contribution < 1.29 is 31.4 Å². The van der Waals surface area contributed by atoms with Crippen LogP contribution in [0.25, 0.3) is 0 Å². The second-order valence-electron chi connectivity index (χ2n) is 8.01. The van der Waals surface area contributed by atoms with Crippen LogP contribution in [0, 0.1) is 11.6 Å². The number of benzene rings is 3. The van der Waals surface area contributed by atoms with Crippen molar-refractivity contribution in [1.29, 1.82) is 0 Å². The molecule has 0 N–H and O–H groups in total. The Morgan fingerprint density at radius 3 is 2.03 bits per heavy atom. The Hall–Kier alpha value is -3.66. The topological polar surface area (TPSA) is 24.9 Å². The third-order valence-corrected chi connectivity index (χ3v) is 6.68. The molecule has 0 aromatic heterocycles. The van der Waals surface area contributed by atoms with Gasteiger partial charge in [-0.15, -0.1) is 11.8 Å². The van der Waals surface area contributed by atoms with E-state index in [1.807, 2.05) is 0 Å². The fraction of sp³-hybridized carbons (Fsp3) is 0.214. The second kappa shape index (κ2) is 12.3. The van der Waals surface area contributed by atoms with Crippen LogP contribution in [0.15, 0.2) is 84.2 Å². The summed E-state index contributed by atoms with van der Waals surface area (Å²) in [5.41, 5.74) is 0.139. The van der Waals surface area contributed by atoms with Crippen LogP contribution in [-0.2, 0) is 11.9 Å². The summed E-state index contributed by atoms with van der Waals surface area (Å²) in [6, 6.07) is 13.5.